The summed E-state index contributed by atoms with van der Waals surface area (Å²) in [5.41, 5.74) is 3.72. The van der Waals surface area contributed by atoms with Crippen LogP contribution in [0.3, 0.4) is 0 Å². The molecule has 0 aromatic heterocycles. The van der Waals surface area contributed by atoms with Gasteiger partial charge in [0.05, 0.1) is 18.7 Å². The normalized spacial score (nSPS) is 17.8. The van der Waals surface area contributed by atoms with Crippen LogP contribution in [0, 0.1) is 6.92 Å². The summed E-state index contributed by atoms with van der Waals surface area (Å²) in [5.74, 6) is 0.246. The van der Waals surface area contributed by atoms with Crippen molar-refractivity contribution in [2.24, 2.45) is 0 Å². The van der Waals surface area contributed by atoms with Crippen LogP contribution in [-0.4, -0.2) is 49.7 Å². The molecule has 37 heavy (non-hydrogen) atoms. The van der Waals surface area contributed by atoms with Crippen molar-refractivity contribution in [2.75, 3.05) is 32.9 Å². The van der Waals surface area contributed by atoms with Gasteiger partial charge in [-0.15, -0.1) is 0 Å². The number of rotatable bonds is 6. The number of carbonyl (C=O) groups is 2. The molecule has 2 aliphatic rings. The van der Waals surface area contributed by atoms with Gasteiger partial charge >= 0.3 is 0 Å². The van der Waals surface area contributed by atoms with Gasteiger partial charge in [0.25, 0.3) is 11.7 Å². The average molecular weight is 501 g/mol. The van der Waals surface area contributed by atoms with Crippen molar-refractivity contribution >= 4 is 23.1 Å². The van der Waals surface area contributed by atoms with Crippen LogP contribution in [0.1, 0.15) is 28.3 Å². The number of amides is 1. The number of hydrogen-bond acceptors (Lipinski definition) is 7. The van der Waals surface area contributed by atoms with E-state index in [4.69, 9.17) is 14.2 Å². The van der Waals surface area contributed by atoms with Gasteiger partial charge in [0.1, 0.15) is 11.5 Å². The molecule has 1 N–H and O–H groups in total. The van der Waals surface area contributed by atoms with Crippen LogP contribution in [-0.2, 0) is 16.1 Å². The third kappa shape index (κ3) is 4.35. The van der Waals surface area contributed by atoms with Crippen LogP contribution >= 0.6 is 0 Å². The standard InChI is InChI=1S/C29H28N2O6/c1-17-13-21(35-4)10-11-22(17)27(32)25-26(19-6-8-20(9-7-19)30(2)3)31(29(34)28(25)33)15-18-5-12-23-24(14-18)37-16-36-23/h5-14,26,32H,15-16H2,1-4H3/b27-25+. The highest BCUT2D eigenvalue weighted by molar-refractivity contribution is 6.46. The molecule has 1 fully saturated rings. The van der Waals surface area contributed by atoms with Crippen LogP contribution in [0.4, 0.5) is 5.69 Å². The zero-order valence-corrected chi connectivity index (χ0v) is 21.1. The van der Waals surface area contributed by atoms with E-state index in [-0.39, 0.29) is 24.7 Å². The van der Waals surface area contributed by atoms with E-state index in [2.05, 4.69) is 0 Å². The fourth-order valence-corrected chi connectivity index (χ4v) is 4.75. The molecule has 8 heteroatoms. The Labute approximate surface area is 215 Å². The van der Waals surface area contributed by atoms with Gasteiger partial charge in [-0.1, -0.05) is 18.2 Å². The van der Waals surface area contributed by atoms with Crippen molar-refractivity contribution in [3.63, 3.8) is 0 Å². The predicted molar refractivity (Wildman–Crippen MR) is 139 cm³/mol. The molecule has 0 saturated carbocycles. The summed E-state index contributed by atoms with van der Waals surface area (Å²) in [5, 5.41) is 11.4. The fraction of sp³-hybridized carbons (Fsp3) is 0.241. The number of Topliss-reactive ketones (excluding diaryl/α,β-unsaturated/α-hetero) is 1. The van der Waals surface area contributed by atoms with Gasteiger partial charge in [-0.05, 0) is 66.1 Å². The van der Waals surface area contributed by atoms with Crippen molar-refractivity contribution in [2.45, 2.75) is 19.5 Å². The Balaban J connectivity index is 1.62. The second kappa shape index (κ2) is 9.54. The Morgan fingerprint density at radius 2 is 1.76 bits per heavy atom. The van der Waals surface area contributed by atoms with Gasteiger partial charge in [0, 0.05) is 31.9 Å². The first-order valence-corrected chi connectivity index (χ1v) is 11.9. The summed E-state index contributed by atoms with van der Waals surface area (Å²) in [7, 11) is 5.44. The number of carbonyl (C=O) groups excluding carboxylic acids is 2. The number of likely N-dealkylation sites (tertiary alicyclic amines) is 1. The van der Waals surface area contributed by atoms with Crippen molar-refractivity contribution in [1.29, 1.82) is 0 Å². The molecular weight excluding hydrogens is 472 g/mol. The fourth-order valence-electron chi connectivity index (χ4n) is 4.75. The lowest BCUT2D eigenvalue weighted by Crippen LogP contribution is -2.29. The van der Waals surface area contributed by atoms with E-state index in [0.29, 0.717) is 22.8 Å². The largest absolute Gasteiger partial charge is 0.507 e. The number of hydrogen-bond donors (Lipinski definition) is 1. The Kier molecular flexibility index (Phi) is 6.25. The van der Waals surface area contributed by atoms with Crippen LogP contribution < -0.4 is 19.1 Å². The summed E-state index contributed by atoms with van der Waals surface area (Å²) in [4.78, 5) is 30.3. The van der Waals surface area contributed by atoms with Crippen molar-refractivity contribution in [1.82, 2.24) is 4.90 Å². The molecule has 0 radical (unpaired) electrons. The molecule has 1 amide bonds. The second-order valence-electron chi connectivity index (χ2n) is 9.28. The van der Waals surface area contributed by atoms with Gasteiger partial charge in [-0.3, -0.25) is 9.59 Å². The first-order valence-electron chi connectivity index (χ1n) is 11.9. The molecule has 1 atom stereocenters. The third-order valence-corrected chi connectivity index (χ3v) is 6.74. The second-order valence-corrected chi connectivity index (χ2v) is 9.28. The Morgan fingerprint density at radius 3 is 2.43 bits per heavy atom. The van der Waals surface area contributed by atoms with Gasteiger partial charge in [0.2, 0.25) is 6.79 Å². The van der Waals surface area contributed by atoms with Crippen molar-refractivity contribution in [3.8, 4) is 17.2 Å². The highest BCUT2D eigenvalue weighted by Gasteiger charge is 2.46. The molecular formula is C29H28N2O6. The van der Waals surface area contributed by atoms with E-state index in [1.165, 1.54) is 4.90 Å². The summed E-state index contributed by atoms with van der Waals surface area (Å²) in [6.45, 7) is 2.11. The number of methoxy groups -OCH3 is 1. The van der Waals surface area contributed by atoms with E-state index in [1.54, 1.807) is 31.4 Å². The number of ether oxygens (including phenoxy) is 3. The SMILES string of the molecule is COc1ccc(/C(O)=C2\C(=O)C(=O)N(Cc3ccc4c(c3)OCO4)C2c2ccc(N(C)C)cc2)c(C)c1. The van der Waals surface area contributed by atoms with E-state index in [0.717, 1.165) is 22.4 Å². The maximum atomic E-state index is 13.4. The van der Waals surface area contributed by atoms with Gasteiger partial charge < -0.3 is 29.1 Å². The molecule has 190 valence electrons. The van der Waals surface area contributed by atoms with Gasteiger partial charge in [-0.25, -0.2) is 0 Å². The lowest BCUT2D eigenvalue weighted by Gasteiger charge is -2.26. The van der Waals surface area contributed by atoms with Gasteiger partial charge in [-0.2, -0.15) is 0 Å². The van der Waals surface area contributed by atoms with Crippen molar-refractivity contribution in [3.05, 3.63) is 88.5 Å². The topological polar surface area (TPSA) is 88.5 Å². The maximum absolute atomic E-state index is 13.4. The minimum atomic E-state index is -0.775. The summed E-state index contributed by atoms with van der Waals surface area (Å²) in [6.07, 6.45) is 0. The summed E-state index contributed by atoms with van der Waals surface area (Å²) in [6, 6.07) is 17.5. The zero-order chi connectivity index (χ0) is 26.3. The monoisotopic (exact) mass is 500 g/mol. The van der Waals surface area contributed by atoms with E-state index in [9.17, 15) is 14.7 Å². The minimum absolute atomic E-state index is 0.0524. The third-order valence-electron chi connectivity index (χ3n) is 6.74. The first-order chi connectivity index (χ1) is 17.8. The summed E-state index contributed by atoms with van der Waals surface area (Å²) < 4.78 is 16.2. The van der Waals surface area contributed by atoms with Crippen LogP contribution in [0.25, 0.3) is 5.76 Å². The maximum Gasteiger partial charge on any atom is 0.295 e. The summed E-state index contributed by atoms with van der Waals surface area (Å²) >= 11 is 0. The number of benzene rings is 3. The molecule has 5 rings (SSSR count). The van der Waals surface area contributed by atoms with Crippen molar-refractivity contribution < 1.29 is 28.9 Å². The van der Waals surface area contributed by atoms with Crippen LogP contribution in [0.5, 0.6) is 17.2 Å². The minimum Gasteiger partial charge on any atom is -0.507 e. The lowest BCUT2D eigenvalue weighted by molar-refractivity contribution is -0.140. The zero-order valence-electron chi connectivity index (χ0n) is 21.1. The highest BCUT2D eigenvalue weighted by atomic mass is 16.7. The predicted octanol–water partition coefficient (Wildman–Crippen LogP) is 4.42. The Morgan fingerprint density at radius 1 is 1.03 bits per heavy atom. The highest BCUT2D eigenvalue weighted by Crippen LogP contribution is 2.42. The first kappa shape index (κ1) is 24.2. The quantitative estimate of drug-likeness (QED) is 0.305. The van der Waals surface area contributed by atoms with Crippen LogP contribution in [0.2, 0.25) is 0 Å². The van der Waals surface area contributed by atoms with E-state index >= 15 is 0 Å². The number of aliphatic hydroxyl groups is 1. The molecule has 1 unspecified atom stereocenters. The molecule has 3 aromatic carbocycles. The van der Waals surface area contributed by atoms with Gasteiger partial charge in [0.15, 0.2) is 11.5 Å². The number of ketones is 1. The molecule has 3 aromatic rings. The molecule has 2 heterocycles. The molecule has 0 bridgehead atoms. The number of anilines is 1. The molecule has 1 saturated heterocycles. The molecule has 2 aliphatic heterocycles. The van der Waals surface area contributed by atoms with E-state index < -0.39 is 17.7 Å². The van der Waals surface area contributed by atoms with E-state index in [1.807, 2.05) is 62.3 Å². The smallest absolute Gasteiger partial charge is 0.295 e. The molecule has 0 aliphatic carbocycles. The lowest BCUT2D eigenvalue weighted by atomic mass is 9.93. The Hall–Kier alpha value is -4.46. The number of fused-ring (bicyclic) bond motifs is 1. The number of aryl methyl sites for hydroxylation is 1. The van der Waals surface area contributed by atoms with Crippen LogP contribution in [0.15, 0.2) is 66.2 Å². The molecule has 8 nitrogen and oxygen atoms in total. The molecule has 0 spiro atoms. The average Bonchev–Trinajstić information content (AvgIpc) is 3.46. The number of nitrogens with zero attached hydrogens (tertiary/aromatic N) is 2. The number of aliphatic hydroxyl groups excluding tert-OH is 1. The Bertz CT molecular complexity index is 1410.